The second kappa shape index (κ2) is 7.61. The van der Waals surface area contributed by atoms with Crippen molar-refractivity contribution in [3.63, 3.8) is 0 Å². The number of nitrogens with one attached hydrogen (secondary N) is 1. The number of pyridine rings is 2. The van der Waals surface area contributed by atoms with E-state index in [9.17, 15) is 18.0 Å². The minimum absolute atomic E-state index is 0.00537. The molecule has 1 aromatic carbocycles. The van der Waals surface area contributed by atoms with E-state index in [1.807, 2.05) is 30.3 Å². The summed E-state index contributed by atoms with van der Waals surface area (Å²) >= 11 is 0. The van der Waals surface area contributed by atoms with Crippen molar-refractivity contribution in [3.8, 4) is 5.75 Å². The molecule has 5 nitrogen and oxygen atoms in total. The van der Waals surface area contributed by atoms with Crippen LogP contribution in [-0.4, -0.2) is 28.7 Å². The van der Waals surface area contributed by atoms with Gasteiger partial charge >= 0.3 is 6.18 Å². The van der Waals surface area contributed by atoms with Gasteiger partial charge in [-0.15, -0.1) is 0 Å². The van der Waals surface area contributed by atoms with E-state index in [4.69, 9.17) is 0 Å². The van der Waals surface area contributed by atoms with Gasteiger partial charge in [-0.2, -0.15) is 13.2 Å². The van der Waals surface area contributed by atoms with Crippen molar-refractivity contribution < 1.29 is 22.7 Å². The van der Waals surface area contributed by atoms with Crippen LogP contribution in [0.25, 0.3) is 10.9 Å². The predicted octanol–water partition coefficient (Wildman–Crippen LogP) is 4.06. The Balaban J connectivity index is 1.65. The first-order chi connectivity index (χ1) is 12.8. The van der Waals surface area contributed by atoms with Crippen molar-refractivity contribution in [1.82, 2.24) is 15.3 Å². The highest BCUT2D eigenvalue weighted by Crippen LogP contribution is 2.19. The van der Waals surface area contributed by atoms with Gasteiger partial charge in [-0.1, -0.05) is 24.3 Å². The SMILES string of the molecule is C[C@@H](NC(=O)c1ccc2ccccc2n1)c1ccc(OCC(F)(F)F)cn1. The topological polar surface area (TPSA) is 64.1 Å². The molecule has 0 bridgehead atoms. The summed E-state index contributed by atoms with van der Waals surface area (Å²) < 4.78 is 41.1. The fourth-order valence-electron chi connectivity index (χ4n) is 2.44. The van der Waals surface area contributed by atoms with Crippen molar-refractivity contribution in [2.75, 3.05) is 6.61 Å². The van der Waals surface area contributed by atoms with Crippen LogP contribution < -0.4 is 10.1 Å². The molecule has 8 heteroatoms. The second-order valence-corrected chi connectivity index (χ2v) is 5.91. The van der Waals surface area contributed by atoms with Crippen LogP contribution in [-0.2, 0) is 0 Å². The normalized spacial score (nSPS) is 12.6. The number of benzene rings is 1. The Bertz CT molecular complexity index is 943. The molecule has 0 aliphatic carbocycles. The van der Waals surface area contributed by atoms with Gasteiger partial charge in [0.1, 0.15) is 11.4 Å². The van der Waals surface area contributed by atoms with Crippen molar-refractivity contribution in [2.45, 2.75) is 19.1 Å². The maximum atomic E-state index is 12.4. The quantitative estimate of drug-likeness (QED) is 0.730. The van der Waals surface area contributed by atoms with Crippen molar-refractivity contribution in [3.05, 3.63) is 66.1 Å². The lowest BCUT2D eigenvalue weighted by Gasteiger charge is -2.14. The minimum atomic E-state index is -4.41. The molecular formula is C19H16F3N3O2. The molecule has 1 amide bonds. The largest absolute Gasteiger partial charge is 0.483 e. The average Bonchev–Trinajstić information content (AvgIpc) is 2.65. The van der Waals surface area contributed by atoms with Crippen LogP contribution in [0.4, 0.5) is 13.2 Å². The molecule has 0 radical (unpaired) electrons. The Kier molecular flexibility index (Phi) is 5.25. The second-order valence-electron chi connectivity index (χ2n) is 5.91. The number of halogens is 3. The number of hydrogen-bond acceptors (Lipinski definition) is 4. The van der Waals surface area contributed by atoms with E-state index in [-0.39, 0.29) is 17.4 Å². The molecule has 2 aromatic heterocycles. The molecule has 27 heavy (non-hydrogen) atoms. The van der Waals surface area contributed by atoms with Gasteiger partial charge in [-0.3, -0.25) is 9.78 Å². The van der Waals surface area contributed by atoms with Crippen molar-refractivity contribution >= 4 is 16.8 Å². The van der Waals surface area contributed by atoms with E-state index in [1.54, 1.807) is 13.0 Å². The third-order valence-electron chi connectivity index (χ3n) is 3.78. The van der Waals surface area contributed by atoms with Crippen LogP contribution in [0.3, 0.4) is 0 Å². The monoisotopic (exact) mass is 375 g/mol. The van der Waals surface area contributed by atoms with Crippen LogP contribution in [0.15, 0.2) is 54.7 Å². The molecule has 1 atom stereocenters. The summed E-state index contributed by atoms with van der Waals surface area (Å²) in [7, 11) is 0. The molecule has 0 aliphatic rings. The number of rotatable bonds is 5. The van der Waals surface area contributed by atoms with E-state index in [2.05, 4.69) is 20.0 Å². The lowest BCUT2D eigenvalue weighted by atomic mass is 10.2. The molecule has 3 rings (SSSR count). The number of amides is 1. The number of hydrogen-bond donors (Lipinski definition) is 1. The van der Waals surface area contributed by atoms with Crippen LogP contribution in [0, 0.1) is 0 Å². The van der Waals surface area contributed by atoms with E-state index in [1.165, 1.54) is 18.3 Å². The van der Waals surface area contributed by atoms with Crippen LogP contribution in [0.5, 0.6) is 5.75 Å². The summed E-state index contributed by atoms with van der Waals surface area (Å²) in [5, 5.41) is 3.70. The van der Waals surface area contributed by atoms with Gasteiger partial charge in [0.2, 0.25) is 0 Å². The zero-order valence-corrected chi connectivity index (χ0v) is 14.3. The Morgan fingerprint density at radius 2 is 1.93 bits per heavy atom. The zero-order valence-electron chi connectivity index (χ0n) is 14.3. The van der Waals surface area contributed by atoms with Gasteiger partial charge in [0.05, 0.1) is 23.4 Å². The third-order valence-corrected chi connectivity index (χ3v) is 3.78. The van der Waals surface area contributed by atoms with E-state index >= 15 is 0 Å². The number of fused-ring (bicyclic) bond motifs is 1. The molecule has 2 heterocycles. The molecule has 1 N–H and O–H groups in total. The molecule has 0 fully saturated rings. The Labute approximate surface area is 153 Å². The summed E-state index contributed by atoms with van der Waals surface area (Å²) in [4.78, 5) is 20.8. The summed E-state index contributed by atoms with van der Waals surface area (Å²) in [5.41, 5.74) is 1.47. The first-order valence-corrected chi connectivity index (χ1v) is 8.14. The number of alkyl halides is 3. The van der Waals surface area contributed by atoms with Gasteiger partial charge < -0.3 is 10.1 Å². The first kappa shape index (κ1) is 18.6. The Hall–Kier alpha value is -3.16. The van der Waals surface area contributed by atoms with E-state index < -0.39 is 18.8 Å². The highest BCUT2D eigenvalue weighted by atomic mass is 19.4. The molecule has 0 spiro atoms. The van der Waals surface area contributed by atoms with E-state index in [0.717, 1.165) is 5.39 Å². The number of aromatic nitrogens is 2. The van der Waals surface area contributed by atoms with Crippen LogP contribution >= 0.6 is 0 Å². The number of carbonyl (C=O) groups is 1. The number of para-hydroxylation sites is 1. The molecule has 0 aliphatic heterocycles. The zero-order chi connectivity index (χ0) is 19.4. The number of carbonyl (C=O) groups excluding carboxylic acids is 1. The minimum Gasteiger partial charge on any atom is -0.483 e. The Morgan fingerprint density at radius 3 is 2.63 bits per heavy atom. The smallest absolute Gasteiger partial charge is 0.422 e. The fourth-order valence-corrected chi connectivity index (χ4v) is 2.44. The lowest BCUT2D eigenvalue weighted by Crippen LogP contribution is -2.28. The summed E-state index contributed by atoms with van der Waals surface area (Å²) in [6.07, 6.45) is -3.22. The standard InChI is InChI=1S/C19H16F3N3O2/c1-12(15-9-7-14(10-23-15)27-11-19(20,21)22)24-18(26)17-8-6-13-4-2-3-5-16(13)25-17/h2-10,12H,11H2,1H3,(H,24,26)/t12-/m1/s1. The highest BCUT2D eigenvalue weighted by Gasteiger charge is 2.28. The molecule has 140 valence electrons. The predicted molar refractivity (Wildman–Crippen MR) is 93.4 cm³/mol. The van der Waals surface area contributed by atoms with Crippen molar-refractivity contribution in [2.24, 2.45) is 0 Å². The number of ether oxygens (including phenoxy) is 1. The van der Waals surface area contributed by atoms with Crippen LogP contribution in [0.2, 0.25) is 0 Å². The van der Waals surface area contributed by atoms with Gasteiger partial charge in [-0.25, -0.2) is 4.98 Å². The Morgan fingerprint density at radius 1 is 1.15 bits per heavy atom. The lowest BCUT2D eigenvalue weighted by molar-refractivity contribution is -0.153. The molecular weight excluding hydrogens is 359 g/mol. The highest BCUT2D eigenvalue weighted by molar-refractivity contribution is 5.95. The van der Waals surface area contributed by atoms with Gasteiger partial charge in [0, 0.05) is 5.39 Å². The van der Waals surface area contributed by atoms with Crippen LogP contribution in [0.1, 0.15) is 29.1 Å². The fraction of sp³-hybridized carbons (Fsp3) is 0.211. The summed E-state index contributed by atoms with van der Waals surface area (Å²) in [5.74, 6) is -0.363. The third kappa shape index (κ3) is 4.93. The van der Waals surface area contributed by atoms with Gasteiger partial charge in [-0.05, 0) is 31.2 Å². The van der Waals surface area contributed by atoms with Crippen molar-refractivity contribution in [1.29, 1.82) is 0 Å². The van der Waals surface area contributed by atoms with Gasteiger partial charge in [0.15, 0.2) is 6.61 Å². The van der Waals surface area contributed by atoms with Gasteiger partial charge in [0.25, 0.3) is 5.91 Å². The maximum Gasteiger partial charge on any atom is 0.422 e. The summed E-state index contributed by atoms with van der Waals surface area (Å²) in [6.45, 7) is 0.339. The first-order valence-electron chi connectivity index (χ1n) is 8.14. The average molecular weight is 375 g/mol. The molecule has 0 saturated carbocycles. The van der Waals surface area contributed by atoms with E-state index in [0.29, 0.717) is 11.2 Å². The molecule has 3 aromatic rings. The number of nitrogens with zero attached hydrogens (tertiary/aromatic N) is 2. The molecule has 0 unspecified atom stereocenters. The maximum absolute atomic E-state index is 12.4. The summed E-state index contributed by atoms with van der Waals surface area (Å²) in [6, 6.07) is 13.3. The molecule has 0 saturated heterocycles.